The average Bonchev–Trinajstić information content (AvgIpc) is 3.25. The van der Waals surface area contributed by atoms with Crippen molar-refractivity contribution in [2.75, 3.05) is 27.6 Å². The van der Waals surface area contributed by atoms with Gasteiger partial charge in [0, 0.05) is 43.1 Å². The molecule has 0 radical (unpaired) electrons. The molecular formula is C24H25ClN2O4. The lowest BCUT2D eigenvalue weighted by molar-refractivity contribution is 0.174. The van der Waals surface area contributed by atoms with Crippen LogP contribution in [0.25, 0.3) is 0 Å². The van der Waals surface area contributed by atoms with Gasteiger partial charge in [0.15, 0.2) is 23.0 Å². The molecule has 0 spiro atoms. The molecule has 0 unspecified atom stereocenters. The molecule has 0 aliphatic carbocycles. The lowest BCUT2D eigenvalue weighted by Gasteiger charge is -2.23. The number of benzene rings is 2. The van der Waals surface area contributed by atoms with Crippen LogP contribution in [0.3, 0.4) is 0 Å². The van der Waals surface area contributed by atoms with Crippen LogP contribution in [0.2, 0.25) is 5.02 Å². The summed E-state index contributed by atoms with van der Waals surface area (Å²) in [5, 5.41) is 0.676. The first-order valence-electron chi connectivity index (χ1n) is 10.1. The summed E-state index contributed by atoms with van der Waals surface area (Å²) in [6.07, 6.45) is 4.48. The SMILES string of the molecule is COc1ccc(CCN(Cc2ccncc2)Cc2cc3c(cc2Cl)OCO3)cc1OC. The Labute approximate surface area is 187 Å². The third-order valence-corrected chi connectivity index (χ3v) is 5.61. The van der Waals surface area contributed by atoms with Crippen LogP contribution >= 0.6 is 11.6 Å². The molecule has 0 bridgehead atoms. The Morgan fingerprint density at radius 3 is 2.39 bits per heavy atom. The minimum absolute atomic E-state index is 0.231. The average molecular weight is 441 g/mol. The maximum absolute atomic E-state index is 6.54. The zero-order valence-electron chi connectivity index (χ0n) is 17.6. The molecule has 3 aromatic rings. The van der Waals surface area contributed by atoms with Gasteiger partial charge in [-0.15, -0.1) is 0 Å². The predicted octanol–water partition coefficient (Wildman–Crippen LogP) is 4.73. The standard InChI is InChI=1S/C24H25ClN2O4/c1-28-21-4-3-17(11-22(21)29-2)7-10-27(14-18-5-8-26-9-6-18)15-19-12-23-24(13-20(19)25)31-16-30-23/h3-6,8-9,11-13H,7,10,14-16H2,1-2H3. The first kappa shape index (κ1) is 21.3. The van der Waals surface area contributed by atoms with Crippen LogP contribution in [0.15, 0.2) is 54.9 Å². The molecule has 2 heterocycles. The van der Waals surface area contributed by atoms with Gasteiger partial charge in [-0.05, 0) is 53.4 Å². The van der Waals surface area contributed by atoms with E-state index in [1.165, 1.54) is 11.1 Å². The Kier molecular flexibility index (Phi) is 6.79. The van der Waals surface area contributed by atoms with E-state index in [-0.39, 0.29) is 6.79 Å². The normalized spacial score (nSPS) is 12.3. The van der Waals surface area contributed by atoms with E-state index in [4.69, 9.17) is 30.5 Å². The van der Waals surface area contributed by atoms with Crippen LogP contribution in [0.5, 0.6) is 23.0 Å². The van der Waals surface area contributed by atoms with E-state index in [0.717, 1.165) is 42.3 Å². The fourth-order valence-electron chi connectivity index (χ4n) is 3.61. The Hall–Kier alpha value is -2.96. The molecule has 7 heteroatoms. The summed E-state index contributed by atoms with van der Waals surface area (Å²) >= 11 is 6.54. The molecular weight excluding hydrogens is 416 g/mol. The lowest BCUT2D eigenvalue weighted by atomic mass is 10.1. The Bertz CT molecular complexity index is 1030. The molecule has 6 nitrogen and oxygen atoms in total. The fraction of sp³-hybridized carbons (Fsp3) is 0.292. The van der Waals surface area contributed by atoms with Crippen molar-refractivity contribution < 1.29 is 18.9 Å². The molecule has 2 aromatic carbocycles. The van der Waals surface area contributed by atoms with E-state index in [9.17, 15) is 0 Å². The minimum Gasteiger partial charge on any atom is -0.493 e. The molecule has 0 fully saturated rings. The van der Waals surface area contributed by atoms with Crippen LogP contribution < -0.4 is 18.9 Å². The van der Waals surface area contributed by atoms with Gasteiger partial charge in [-0.1, -0.05) is 17.7 Å². The van der Waals surface area contributed by atoms with Crippen LogP contribution in [-0.2, 0) is 19.5 Å². The number of fused-ring (bicyclic) bond motifs is 1. The van der Waals surface area contributed by atoms with Gasteiger partial charge in [-0.25, -0.2) is 0 Å². The third-order valence-electron chi connectivity index (χ3n) is 5.26. The van der Waals surface area contributed by atoms with Crippen molar-refractivity contribution in [2.45, 2.75) is 19.5 Å². The zero-order chi connectivity index (χ0) is 21.6. The smallest absolute Gasteiger partial charge is 0.231 e. The van der Waals surface area contributed by atoms with Crippen molar-refractivity contribution >= 4 is 11.6 Å². The summed E-state index contributed by atoms with van der Waals surface area (Å²) in [6.45, 7) is 2.53. The maximum Gasteiger partial charge on any atom is 0.231 e. The number of hydrogen-bond acceptors (Lipinski definition) is 6. The molecule has 0 saturated heterocycles. The Morgan fingerprint density at radius 1 is 0.903 bits per heavy atom. The second-order valence-electron chi connectivity index (χ2n) is 7.30. The number of ether oxygens (including phenoxy) is 4. The second-order valence-corrected chi connectivity index (χ2v) is 7.71. The predicted molar refractivity (Wildman–Crippen MR) is 119 cm³/mol. The third kappa shape index (κ3) is 5.21. The molecule has 162 valence electrons. The number of methoxy groups -OCH3 is 2. The molecule has 1 aromatic heterocycles. The highest BCUT2D eigenvalue weighted by Gasteiger charge is 2.18. The topological polar surface area (TPSA) is 53.1 Å². The summed E-state index contributed by atoms with van der Waals surface area (Å²) in [5.41, 5.74) is 3.38. The largest absolute Gasteiger partial charge is 0.493 e. The molecule has 1 aliphatic rings. The summed E-state index contributed by atoms with van der Waals surface area (Å²) in [4.78, 5) is 6.48. The van der Waals surface area contributed by atoms with E-state index < -0.39 is 0 Å². The van der Waals surface area contributed by atoms with Crippen molar-refractivity contribution in [3.63, 3.8) is 0 Å². The second kappa shape index (κ2) is 9.90. The summed E-state index contributed by atoms with van der Waals surface area (Å²) in [5.74, 6) is 2.90. The van der Waals surface area contributed by atoms with Gasteiger partial charge in [-0.3, -0.25) is 9.88 Å². The van der Waals surface area contributed by atoms with Gasteiger partial charge < -0.3 is 18.9 Å². The van der Waals surface area contributed by atoms with Crippen molar-refractivity contribution in [2.24, 2.45) is 0 Å². The number of halogens is 1. The first-order chi connectivity index (χ1) is 15.2. The summed E-state index contributed by atoms with van der Waals surface area (Å²) < 4.78 is 21.8. The monoisotopic (exact) mass is 440 g/mol. The fourth-order valence-corrected chi connectivity index (χ4v) is 3.82. The Morgan fingerprint density at radius 2 is 1.65 bits per heavy atom. The number of pyridine rings is 1. The highest BCUT2D eigenvalue weighted by atomic mass is 35.5. The number of aromatic nitrogens is 1. The zero-order valence-corrected chi connectivity index (χ0v) is 18.4. The molecule has 1 aliphatic heterocycles. The van der Waals surface area contributed by atoms with Gasteiger partial charge in [0.2, 0.25) is 6.79 Å². The first-order valence-corrected chi connectivity index (χ1v) is 10.4. The van der Waals surface area contributed by atoms with Crippen molar-refractivity contribution in [3.05, 3.63) is 76.6 Å². The van der Waals surface area contributed by atoms with Gasteiger partial charge in [-0.2, -0.15) is 0 Å². The number of nitrogens with zero attached hydrogens (tertiary/aromatic N) is 2. The molecule has 4 rings (SSSR count). The van der Waals surface area contributed by atoms with E-state index in [0.29, 0.717) is 17.3 Å². The van der Waals surface area contributed by atoms with Crippen LogP contribution in [0, 0.1) is 0 Å². The van der Waals surface area contributed by atoms with E-state index >= 15 is 0 Å². The molecule has 0 saturated carbocycles. The van der Waals surface area contributed by atoms with Gasteiger partial charge in [0.1, 0.15) is 0 Å². The molecule has 0 atom stereocenters. The van der Waals surface area contributed by atoms with Crippen molar-refractivity contribution in [3.8, 4) is 23.0 Å². The van der Waals surface area contributed by atoms with Gasteiger partial charge in [0.25, 0.3) is 0 Å². The van der Waals surface area contributed by atoms with E-state index in [1.54, 1.807) is 14.2 Å². The molecule has 31 heavy (non-hydrogen) atoms. The number of hydrogen-bond donors (Lipinski definition) is 0. The van der Waals surface area contributed by atoms with Crippen LogP contribution in [0.4, 0.5) is 0 Å². The van der Waals surface area contributed by atoms with Gasteiger partial charge in [0.05, 0.1) is 14.2 Å². The number of rotatable bonds is 9. The Balaban J connectivity index is 1.52. The van der Waals surface area contributed by atoms with Crippen LogP contribution in [-0.4, -0.2) is 37.4 Å². The maximum atomic E-state index is 6.54. The lowest BCUT2D eigenvalue weighted by Crippen LogP contribution is -2.25. The van der Waals surface area contributed by atoms with Crippen LogP contribution in [0.1, 0.15) is 16.7 Å². The van der Waals surface area contributed by atoms with E-state index in [2.05, 4.69) is 16.0 Å². The highest BCUT2D eigenvalue weighted by molar-refractivity contribution is 6.31. The quantitative estimate of drug-likeness (QED) is 0.479. The van der Waals surface area contributed by atoms with Crippen molar-refractivity contribution in [1.29, 1.82) is 0 Å². The molecule has 0 N–H and O–H groups in total. The van der Waals surface area contributed by atoms with E-state index in [1.807, 2.05) is 48.8 Å². The highest BCUT2D eigenvalue weighted by Crippen LogP contribution is 2.37. The van der Waals surface area contributed by atoms with Crippen molar-refractivity contribution in [1.82, 2.24) is 9.88 Å². The minimum atomic E-state index is 0.231. The summed E-state index contributed by atoms with van der Waals surface area (Å²) in [6, 6.07) is 13.9. The molecule has 0 amide bonds. The van der Waals surface area contributed by atoms with Gasteiger partial charge >= 0.3 is 0 Å². The summed E-state index contributed by atoms with van der Waals surface area (Å²) in [7, 11) is 3.29.